The van der Waals surface area contributed by atoms with E-state index in [2.05, 4.69) is 41.3 Å². The van der Waals surface area contributed by atoms with Gasteiger partial charge in [0.05, 0.1) is 7.11 Å². The van der Waals surface area contributed by atoms with Gasteiger partial charge in [0.2, 0.25) is 0 Å². The molecule has 3 heteroatoms. The molecule has 1 aromatic carbocycles. The number of benzene rings is 1. The summed E-state index contributed by atoms with van der Waals surface area (Å²) in [6.07, 6.45) is 6.41. The second kappa shape index (κ2) is 6.27. The molecule has 1 atom stereocenters. The Hall–Kier alpha value is -0.540. The lowest BCUT2D eigenvalue weighted by molar-refractivity contribution is 0.228. The van der Waals surface area contributed by atoms with E-state index in [-0.39, 0.29) is 0 Å². The van der Waals surface area contributed by atoms with Gasteiger partial charge in [-0.3, -0.25) is 0 Å². The van der Waals surface area contributed by atoms with Crippen molar-refractivity contribution in [3.8, 4) is 5.75 Å². The van der Waals surface area contributed by atoms with Gasteiger partial charge in [-0.05, 0) is 55.5 Å². The van der Waals surface area contributed by atoms with E-state index in [0.717, 1.165) is 16.6 Å². The minimum Gasteiger partial charge on any atom is -0.496 e. The molecule has 0 aromatic heterocycles. The van der Waals surface area contributed by atoms with Crippen molar-refractivity contribution in [3.05, 3.63) is 28.2 Å². The molecular formula is C16H24BrNO. The minimum atomic E-state index is 0.419. The van der Waals surface area contributed by atoms with Gasteiger partial charge in [0.1, 0.15) is 5.75 Å². The number of hydrogen-bond donors (Lipinski definition) is 1. The predicted octanol–water partition coefficient (Wildman–Crippen LogP) is 4.17. The normalized spacial score (nSPS) is 19.4. The zero-order valence-corrected chi connectivity index (χ0v) is 13.7. The number of ether oxygens (including phenoxy) is 1. The van der Waals surface area contributed by atoms with Crippen LogP contribution in [0.1, 0.15) is 38.2 Å². The molecule has 2 rings (SSSR count). The maximum Gasteiger partial charge on any atom is 0.122 e. The summed E-state index contributed by atoms with van der Waals surface area (Å²) in [4.78, 5) is 0. The fourth-order valence-electron chi connectivity index (χ4n) is 3.35. The first-order valence-corrected chi connectivity index (χ1v) is 7.88. The Morgan fingerprint density at radius 3 is 2.63 bits per heavy atom. The molecule has 106 valence electrons. The van der Waals surface area contributed by atoms with Crippen LogP contribution in [0.2, 0.25) is 0 Å². The van der Waals surface area contributed by atoms with Crippen LogP contribution in [0.5, 0.6) is 5.75 Å². The van der Waals surface area contributed by atoms with Crippen molar-refractivity contribution in [2.24, 2.45) is 5.41 Å². The molecule has 1 unspecified atom stereocenters. The van der Waals surface area contributed by atoms with Gasteiger partial charge in [-0.15, -0.1) is 0 Å². The van der Waals surface area contributed by atoms with Crippen LogP contribution in [-0.2, 0) is 6.42 Å². The molecule has 0 saturated heterocycles. The SMILES string of the molecule is CNC(Cc1cc(Br)ccc1OC)C1(C)CCCC1. The van der Waals surface area contributed by atoms with E-state index in [4.69, 9.17) is 4.74 Å². The summed E-state index contributed by atoms with van der Waals surface area (Å²) < 4.78 is 6.61. The van der Waals surface area contributed by atoms with Crippen LogP contribution >= 0.6 is 15.9 Å². The van der Waals surface area contributed by atoms with Crippen molar-refractivity contribution >= 4 is 15.9 Å². The second-order valence-corrected chi connectivity index (χ2v) is 6.78. The third-order valence-corrected chi connectivity index (χ3v) is 5.10. The minimum absolute atomic E-state index is 0.419. The molecule has 0 radical (unpaired) electrons. The van der Waals surface area contributed by atoms with E-state index in [9.17, 15) is 0 Å². The van der Waals surface area contributed by atoms with Gasteiger partial charge in [-0.25, -0.2) is 0 Å². The van der Waals surface area contributed by atoms with Crippen LogP contribution in [0.25, 0.3) is 0 Å². The molecule has 1 N–H and O–H groups in total. The van der Waals surface area contributed by atoms with Crippen molar-refractivity contribution in [1.29, 1.82) is 0 Å². The lowest BCUT2D eigenvalue weighted by Gasteiger charge is -2.34. The van der Waals surface area contributed by atoms with Crippen molar-refractivity contribution in [3.63, 3.8) is 0 Å². The molecule has 0 heterocycles. The van der Waals surface area contributed by atoms with E-state index < -0.39 is 0 Å². The highest BCUT2D eigenvalue weighted by atomic mass is 79.9. The first-order chi connectivity index (χ1) is 9.09. The van der Waals surface area contributed by atoms with Gasteiger partial charge in [-0.2, -0.15) is 0 Å². The standard InChI is InChI=1S/C16H24BrNO/c1-16(8-4-5-9-16)15(18-2)11-12-10-13(17)6-7-14(12)19-3/h6-7,10,15,18H,4-5,8-9,11H2,1-3H3. The summed E-state index contributed by atoms with van der Waals surface area (Å²) in [6, 6.07) is 6.77. The third-order valence-electron chi connectivity index (χ3n) is 4.60. The van der Waals surface area contributed by atoms with Crippen molar-refractivity contribution < 1.29 is 4.74 Å². The maximum atomic E-state index is 5.49. The molecule has 0 amide bonds. The number of nitrogens with one attached hydrogen (secondary N) is 1. The van der Waals surface area contributed by atoms with Crippen LogP contribution in [0, 0.1) is 5.41 Å². The largest absolute Gasteiger partial charge is 0.496 e. The monoisotopic (exact) mass is 325 g/mol. The van der Waals surface area contributed by atoms with Gasteiger partial charge in [0.15, 0.2) is 0 Å². The average molecular weight is 326 g/mol. The first kappa shape index (κ1) is 14.9. The first-order valence-electron chi connectivity index (χ1n) is 7.09. The molecule has 1 saturated carbocycles. The quantitative estimate of drug-likeness (QED) is 0.877. The maximum absolute atomic E-state index is 5.49. The summed E-state index contributed by atoms with van der Waals surface area (Å²) in [7, 11) is 3.83. The molecule has 19 heavy (non-hydrogen) atoms. The van der Waals surface area contributed by atoms with E-state index in [1.165, 1.54) is 31.2 Å². The molecule has 1 aromatic rings. The number of rotatable bonds is 5. The number of halogens is 1. The van der Waals surface area contributed by atoms with Gasteiger partial charge < -0.3 is 10.1 Å². The summed E-state index contributed by atoms with van der Waals surface area (Å²) in [5.41, 5.74) is 1.70. The van der Waals surface area contributed by atoms with Crippen molar-refractivity contribution in [2.45, 2.75) is 45.1 Å². The summed E-state index contributed by atoms with van der Waals surface area (Å²) >= 11 is 3.56. The zero-order chi connectivity index (χ0) is 13.9. The highest BCUT2D eigenvalue weighted by Gasteiger charge is 2.36. The van der Waals surface area contributed by atoms with E-state index >= 15 is 0 Å². The van der Waals surface area contributed by atoms with Crippen LogP contribution in [-0.4, -0.2) is 20.2 Å². The van der Waals surface area contributed by atoms with Crippen LogP contribution in [0.4, 0.5) is 0 Å². The Morgan fingerprint density at radius 1 is 1.37 bits per heavy atom. The van der Waals surface area contributed by atoms with Gasteiger partial charge in [0.25, 0.3) is 0 Å². The molecule has 1 aliphatic carbocycles. The second-order valence-electron chi connectivity index (χ2n) is 5.86. The molecule has 0 spiro atoms. The third kappa shape index (κ3) is 3.32. The summed E-state index contributed by atoms with van der Waals surface area (Å²) in [5.74, 6) is 0.991. The van der Waals surface area contributed by atoms with Crippen molar-refractivity contribution in [1.82, 2.24) is 5.32 Å². The van der Waals surface area contributed by atoms with Crippen LogP contribution in [0.15, 0.2) is 22.7 Å². The number of methoxy groups -OCH3 is 1. The summed E-state index contributed by atoms with van der Waals surface area (Å²) in [5, 5.41) is 3.53. The summed E-state index contributed by atoms with van der Waals surface area (Å²) in [6.45, 7) is 2.42. The van der Waals surface area contributed by atoms with Crippen LogP contribution < -0.4 is 10.1 Å². The Kier molecular flexibility index (Phi) is 4.91. The van der Waals surface area contributed by atoms with E-state index in [1.54, 1.807) is 7.11 Å². The Bertz CT molecular complexity index is 427. The number of likely N-dealkylation sites (N-methyl/N-ethyl adjacent to an activating group) is 1. The number of hydrogen-bond acceptors (Lipinski definition) is 2. The lowest BCUT2D eigenvalue weighted by atomic mass is 9.78. The fourth-order valence-corrected chi connectivity index (χ4v) is 3.76. The molecule has 0 aliphatic heterocycles. The molecule has 1 aliphatic rings. The highest BCUT2D eigenvalue weighted by molar-refractivity contribution is 9.10. The molecular weight excluding hydrogens is 302 g/mol. The lowest BCUT2D eigenvalue weighted by Crippen LogP contribution is -2.41. The van der Waals surface area contributed by atoms with Crippen LogP contribution in [0.3, 0.4) is 0 Å². The highest BCUT2D eigenvalue weighted by Crippen LogP contribution is 2.42. The topological polar surface area (TPSA) is 21.3 Å². The fraction of sp³-hybridized carbons (Fsp3) is 0.625. The zero-order valence-electron chi connectivity index (χ0n) is 12.1. The Balaban J connectivity index is 2.20. The van der Waals surface area contributed by atoms with Gasteiger partial charge >= 0.3 is 0 Å². The molecule has 2 nitrogen and oxygen atoms in total. The van der Waals surface area contributed by atoms with Crippen molar-refractivity contribution in [2.75, 3.05) is 14.2 Å². The van der Waals surface area contributed by atoms with Gasteiger partial charge in [0, 0.05) is 10.5 Å². The average Bonchev–Trinajstić information content (AvgIpc) is 2.84. The molecule has 0 bridgehead atoms. The van der Waals surface area contributed by atoms with E-state index in [0.29, 0.717) is 11.5 Å². The Labute approximate surface area is 125 Å². The smallest absolute Gasteiger partial charge is 0.122 e. The Morgan fingerprint density at radius 2 is 2.05 bits per heavy atom. The predicted molar refractivity (Wildman–Crippen MR) is 83.8 cm³/mol. The van der Waals surface area contributed by atoms with Gasteiger partial charge in [-0.1, -0.05) is 35.7 Å². The molecule has 1 fully saturated rings. The van der Waals surface area contributed by atoms with E-state index in [1.807, 2.05) is 12.1 Å².